The Morgan fingerprint density at radius 3 is 2.50 bits per heavy atom. The number of allylic oxidation sites excluding steroid dienone is 1. The number of carbonyl (C=O) groups excluding carboxylic acids is 1. The summed E-state index contributed by atoms with van der Waals surface area (Å²) in [7, 11) is 2.44. The summed E-state index contributed by atoms with van der Waals surface area (Å²) in [4.78, 5) is 10.4. The van der Waals surface area contributed by atoms with Crippen LogP contribution in [0.15, 0.2) is 11.3 Å². The number of likely N-dealkylation sites (N-methyl/N-ethyl adjacent to an activating group) is 1. The molecule has 7 heteroatoms. The van der Waals surface area contributed by atoms with Crippen molar-refractivity contribution in [3.8, 4) is 0 Å². The van der Waals surface area contributed by atoms with Crippen LogP contribution >= 0.6 is 0 Å². The molecule has 1 N–H and O–H groups in total. The Morgan fingerprint density at radius 1 is 1.57 bits per heavy atom. The fraction of sp³-hybridized carbons (Fsp3) is 0.571. The molecule has 0 radical (unpaired) electrons. The summed E-state index contributed by atoms with van der Waals surface area (Å²) in [5.41, 5.74) is 0.890. The number of rotatable bonds is 2. The Hall–Kier alpha value is -1.08. The molecule has 1 rings (SSSR count). The lowest BCUT2D eigenvalue weighted by Crippen LogP contribution is -2.37. The molecule has 0 aromatic rings. The minimum absolute atomic E-state index is 0.148. The van der Waals surface area contributed by atoms with Gasteiger partial charge >= 0.3 is 6.18 Å². The fourth-order valence-corrected chi connectivity index (χ4v) is 1.23. The molecule has 0 spiro atoms. The lowest BCUT2D eigenvalue weighted by atomic mass is 10.2. The van der Waals surface area contributed by atoms with Crippen LogP contribution < -0.4 is 5.43 Å². The van der Waals surface area contributed by atoms with Crippen LogP contribution in [-0.2, 0) is 9.53 Å². The van der Waals surface area contributed by atoms with Gasteiger partial charge in [-0.1, -0.05) is 0 Å². The normalized spacial score (nSPS) is 23.2. The molecule has 0 amide bonds. The molecule has 1 aliphatic rings. The molecule has 0 aliphatic carbocycles. The van der Waals surface area contributed by atoms with Gasteiger partial charge in [-0.15, -0.1) is 0 Å². The van der Waals surface area contributed by atoms with E-state index >= 15 is 0 Å². The van der Waals surface area contributed by atoms with E-state index < -0.39 is 23.7 Å². The largest absolute Gasteiger partial charge is 0.418 e. The van der Waals surface area contributed by atoms with Crippen molar-refractivity contribution in [1.82, 2.24) is 10.4 Å². The summed E-state index contributed by atoms with van der Waals surface area (Å²) in [6.45, 7) is 0. The average Bonchev–Trinajstić information content (AvgIpc) is 2.40. The maximum Gasteiger partial charge on any atom is 0.418 e. The molecule has 80 valence electrons. The number of alkyl halides is 3. The molecule has 0 saturated carbocycles. The van der Waals surface area contributed by atoms with Crippen LogP contribution in [0.25, 0.3) is 0 Å². The van der Waals surface area contributed by atoms with Crippen molar-refractivity contribution in [2.75, 3.05) is 14.2 Å². The van der Waals surface area contributed by atoms with E-state index in [4.69, 9.17) is 0 Å². The summed E-state index contributed by atoms with van der Waals surface area (Å²) in [5.74, 6) is 0. The number of hydrazine groups is 1. The van der Waals surface area contributed by atoms with Crippen LogP contribution in [0.4, 0.5) is 13.2 Å². The molecular weight excluding hydrogens is 201 g/mol. The third-order valence-electron chi connectivity index (χ3n) is 1.86. The summed E-state index contributed by atoms with van der Waals surface area (Å²) in [6, 6.07) is 0. The van der Waals surface area contributed by atoms with Crippen LogP contribution in [0, 0.1) is 0 Å². The highest BCUT2D eigenvalue weighted by Gasteiger charge is 2.46. The Bertz CT molecular complexity index is 275. The maximum absolute atomic E-state index is 12.4. The maximum atomic E-state index is 12.4. The van der Waals surface area contributed by atoms with Gasteiger partial charge in [-0.2, -0.15) is 13.2 Å². The number of carbonyl (C=O) groups is 1. The molecular formula is C7H9F3N2O2. The molecule has 0 bridgehead atoms. The van der Waals surface area contributed by atoms with Crippen molar-refractivity contribution in [1.29, 1.82) is 0 Å². The number of halogens is 3. The first kappa shape index (κ1) is 11.0. The van der Waals surface area contributed by atoms with Crippen LogP contribution in [0.2, 0.25) is 0 Å². The molecule has 0 aromatic heterocycles. The SMILES string of the molecule is COC1NN(C)C(C=O)=C1C(F)(F)F. The zero-order valence-corrected chi connectivity index (χ0v) is 7.55. The molecule has 0 saturated heterocycles. The Morgan fingerprint density at radius 2 is 2.14 bits per heavy atom. The number of ether oxygens (including phenoxy) is 1. The van der Waals surface area contributed by atoms with Gasteiger partial charge < -0.3 is 9.75 Å². The predicted octanol–water partition coefficient (Wildman–Crippen LogP) is 0.424. The van der Waals surface area contributed by atoms with Crippen molar-refractivity contribution in [3.63, 3.8) is 0 Å². The molecule has 1 atom stereocenters. The summed E-state index contributed by atoms with van der Waals surface area (Å²) in [6.07, 6.45) is -5.75. The van der Waals surface area contributed by atoms with Gasteiger partial charge in [0, 0.05) is 14.2 Å². The van der Waals surface area contributed by atoms with Crippen molar-refractivity contribution >= 4 is 6.29 Å². The zero-order valence-electron chi connectivity index (χ0n) is 7.55. The quantitative estimate of drug-likeness (QED) is 0.671. The van der Waals surface area contributed by atoms with E-state index in [-0.39, 0.29) is 6.29 Å². The fourth-order valence-electron chi connectivity index (χ4n) is 1.23. The molecule has 14 heavy (non-hydrogen) atoms. The molecule has 1 unspecified atom stereocenters. The number of aldehydes is 1. The van der Waals surface area contributed by atoms with E-state index in [0.29, 0.717) is 0 Å². The Labute approximate surface area is 78.3 Å². The number of nitrogens with one attached hydrogen (secondary N) is 1. The minimum atomic E-state index is -4.57. The molecule has 0 aromatic carbocycles. The monoisotopic (exact) mass is 210 g/mol. The topological polar surface area (TPSA) is 41.6 Å². The van der Waals surface area contributed by atoms with E-state index in [1.54, 1.807) is 0 Å². The van der Waals surface area contributed by atoms with Crippen LogP contribution in [-0.4, -0.2) is 37.9 Å². The zero-order chi connectivity index (χ0) is 10.9. The van der Waals surface area contributed by atoms with Crippen LogP contribution in [0.3, 0.4) is 0 Å². The van der Waals surface area contributed by atoms with Gasteiger partial charge in [-0.3, -0.25) is 4.79 Å². The lowest BCUT2D eigenvalue weighted by molar-refractivity contribution is -0.113. The lowest BCUT2D eigenvalue weighted by Gasteiger charge is -2.16. The molecule has 0 fully saturated rings. The summed E-state index contributed by atoms with van der Waals surface area (Å²) in [5, 5.41) is 0.990. The number of methoxy groups -OCH3 is 1. The first-order valence-corrected chi connectivity index (χ1v) is 3.71. The summed E-state index contributed by atoms with van der Waals surface area (Å²) < 4.78 is 41.9. The number of hydrogen-bond donors (Lipinski definition) is 1. The van der Waals surface area contributed by atoms with E-state index in [1.807, 2.05) is 0 Å². The smallest absolute Gasteiger partial charge is 0.361 e. The molecule has 1 aliphatic heterocycles. The van der Waals surface area contributed by atoms with Crippen LogP contribution in [0.5, 0.6) is 0 Å². The van der Waals surface area contributed by atoms with Crippen molar-refractivity contribution in [2.45, 2.75) is 12.4 Å². The third-order valence-corrected chi connectivity index (χ3v) is 1.86. The highest BCUT2D eigenvalue weighted by Crippen LogP contribution is 2.34. The van der Waals surface area contributed by atoms with Gasteiger partial charge in [0.05, 0.1) is 0 Å². The van der Waals surface area contributed by atoms with E-state index in [2.05, 4.69) is 10.2 Å². The van der Waals surface area contributed by atoms with Crippen LogP contribution in [0.1, 0.15) is 0 Å². The third kappa shape index (κ3) is 1.73. The Kier molecular flexibility index (Phi) is 2.81. The second kappa shape index (κ2) is 3.58. The molecule has 1 heterocycles. The van der Waals surface area contributed by atoms with Crippen molar-refractivity contribution < 1.29 is 22.7 Å². The Balaban J connectivity index is 3.14. The highest BCUT2D eigenvalue weighted by atomic mass is 19.4. The van der Waals surface area contributed by atoms with Gasteiger partial charge in [0.2, 0.25) is 0 Å². The van der Waals surface area contributed by atoms with Gasteiger partial charge in [-0.05, 0) is 0 Å². The van der Waals surface area contributed by atoms with Crippen molar-refractivity contribution in [3.05, 3.63) is 11.3 Å². The van der Waals surface area contributed by atoms with E-state index in [9.17, 15) is 18.0 Å². The first-order valence-electron chi connectivity index (χ1n) is 3.71. The highest BCUT2D eigenvalue weighted by molar-refractivity contribution is 5.75. The van der Waals surface area contributed by atoms with Gasteiger partial charge in [0.15, 0.2) is 12.5 Å². The first-order chi connectivity index (χ1) is 6.41. The second-order valence-corrected chi connectivity index (χ2v) is 2.72. The average molecular weight is 210 g/mol. The van der Waals surface area contributed by atoms with Gasteiger partial charge in [0.1, 0.15) is 11.3 Å². The van der Waals surface area contributed by atoms with Crippen molar-refractivity contribution in [2.24, 2.45) is 0 Å². The second-order valence-electron chi connectivity index (χ2n) is 2.72. The number of nitrogens with zero attached hydrogens (tertiary/aromatic N) is 1. The van der Waals surface area contributed by atoms with E-state index in [1.165, 1.54) is 7.05 Å². The number of hydrogen-bond acceptors (Lipinski definition) is 4. The predicted molar refractivity (Wildman–Crippen MR) is 40.8 cm³/mol. The minimum Gasteiger partial charge on any atom is -0.361 e. The van der Waals surface area contributed by atoms with Gasteiger partial charge in [-0.25, -0.2) is 5.43 Å². The standard InChI is InChI=1S/C7H9F3N2O2/c1-12-4(3-13)5(7(8,9)10)6(11-12)14-2/h3,6,11H,1-2H3. The van der Waals surface area contributed by atoms with E-state index in [0.717, 1.165) is 12.1 Å². The summed E-state index contributed by atoms with van der Waals surface area (Å²) >= 11 is 0. The molecule has 4 nitrogen and oxygen atoms in total. The van der Waals surface area contributed by atoms with Gasteiger partial charge in [0.25, 0.3) is 0 Å².